The van der Waals surface area contributed by atoms with Crippen molar-refractivity contribution < 1.29 is 9.90 Å². The van der Waals surface area contributed by atoms with Crippen LogP contribution < -0.4 is 10.6 Å². The van der Waals surface area contributed by atoms with E-state index in [9.17, 15) is 9.90 Å². The van der Waals surface area contributed by atoms with Crippen LogP contribution in [0.5, 0.6) is 0 Å². The smallest absolute Gasteiger partial charge is 0.315 e. The van der Waals surface area contributed by atoms with Gasteiger partial charge in [0.25, 0.3) is 0 Å². The van der Waals surface area contributed by atoms with Crippen molar-refractivity contribution in [1.29, 1.82) is 0 Å². The first-order valence-corrected chi connectivity index (χ1v) is 8.10. The van der Waals surface area contributed by atoms with Crippen molar-refractivity contribution >= 4 is 17.8 Å². The Kier molecular flexibility index (Phi) is 7.51. The van der Waals surface area contributed by atoms with E-state index in [0.717, 1.165) is 43.6 Å². The van der Waals surface area contributed by atoms with E-state index in [1.807, 2.05) is 18.7 Å². The monoisotopic (exact) mass is 274 g/mol. The molecule has 0 bridgehead atoms. The van der Waals surface area contributed by atoms with Gasteiger partial charge in [0.05, 0.1) is 6.10 Å². The van der Waals surface area contributed by atoms with E-state index in [4.69, 9.17) is 0 Å². The Morgan fingerprint density at radius 2 is 2.06 bits per heavy atom. The number of hydrogen-bond acceptors (Lipinski definition) is 3. The second-order valence-corrected chi connectivity index (χ2v) is 6.40. The fourth-order valence-electron chi connectivity index (χ4n) is 2.15. The molecule has 1 rings (SSSR count). The van der Waals surface area contributed by atoms with Gasteiger partial charge >= 0.3 is 6.03 Å². The van der Waals surface area contributed by atoms with Gasteiger partial charge in [0.15, 0.2) is 0 Å². The van der Waals surface area contributed by atoms with Crippen LogP contribution in [-0.4, -0.2) is 40.8 Å². The Labute approximate surface area is 114 Å². The lowest BCUT2D eigenvalue weighted by atomic mass is 9.93. The van der Waals surface area contributed by atoms with Crippen LogP contribution in [0.3, 0.4) is 0 Å². The van der Waals surface area contributed by atoms with E-state index >= 15 is 0 Å². The maximum Gasteiger partial charge on any atom is 0.315 e. The van der Waals surface area contributed by atoms with E-state index < -0.39 is 0 Å². The Morgan fingerprint density at radius 3 is 2.67 bits per heavy atom. The van der Waals surface area contributed by atoms with Crippen molar-refractivity contribution in [1.82, 2.24) is 10.6 Å². The third-order valence-corrected chi connectivity index (χ3v) is 4.24. The van der Waals surface area contributed by atoms with Gasteiger partial charge in [-0.25, -0.2) is 4.79 Å². The van der Waals surface area contributed by atoms with Crippen LogP contribution in [0.15, 0.2) is 0 Å². The van der Waals surface area contributed by atoms with E-state index in [0.29, 0.717) is 0 Å². The van der Waals surface area contributed by atoms with Crippen molar-refractivity contribution in [3.05, 3.63) is 0 Å². The quantitative estimate of drug-likeness (QED) is 0.650. The zero-order chi connectivity index (χ0) is 13.4. The first kappa shape index (κ1) is 15.6. The molecule has 106 valence electrons. The largest absolute Gasteiger partial charge is 0.393 e. The first-order chi connectivity index (χ1) is 8.61. The summed E-state index contributed by atoms with van der Waals surface area (Å²) < 4.78 is 0. The van der Waals surface area contributed by atoms with Crippen LogP contribution in [0.25, 0.3) is 0 Å². The minimum Gasteiger partial charge on any atom is -0.393 e. The molecule has 1 aliphatic carbocycles. The summed E-state index contributed by atoms with van der Waals surface area (Å²) in [5.41, 5.74) is 0. The standard InChI is InChI=1S/C13H26N2O2S/c1-3-18-9-8-10(2)14-13(17)15-11-4-6-12(16)7-5-11/h10-12,16H,3-9H2,1-2H3,(H2,14,15,17)/t10-,11?,12?/m1/s1. The van der Waals surface area contributed by atoms with Crippen molar-refractivity contribution in [2.24, 2.45) is 0 Å². The predicted octanol–water partition coefficient (Wildman–Crippen LogP) is 2.12. The molecule has 1 saturated carbocycles. The first-order valence-electron chi connectivity index (χ1n) is 6.94. The lowest BCUT2D eigenvalue weighted by Crippen LogP contribution is -2.47. The molecular formula is C13H26N2O2S. The highest BCUT2D eigenvalue weighted by Gasteiger charge is 2.21. The molecule has 0 heterocycles. The molecule has 2 amide bonds. The molecule has 18 heavy (non-hydrogen) atoms. The third kappa shape index (κ3) is 6.50. The van der Waals surface area contributed by atoms with Gasteiger partial charge in [-0.2, -0.15) is 11.8 Å². The molecule has 0 spiro atoms. The SMILES string of the molecule is CCSCC[C@@H](C)NC(=O)NC1CCC(O)CC1. The van der Waals surface area contributed by atoms with Gasteiger partial charge < -0.3 is 15.7 Å². The molecule has 1 fully saturated rings. The Morgan fingerprint density at radius 1 is 1.39 bits per heavy atom. The van der Waals surface area contributed by atoms with Crippen molar-refractivity contribution in [3.8, 4) is 0 Å². The summed E-state index contributed by atoms with van der Waals surface area (Å²) in [7, 11) is 0. The van der Waals surface area contributed by atoms with E-state index in [1.165, 1.54) is 0 Å². The molecule has 0 saturated heterocycles. The normalized spacial score (nSPS) is 25.5. The number of carbonyl (C=O) groups excluding carboxylic acids is 1. The molecule has 0 radical (unpaired) electrons. The number of urea groups is 1. The van der Waals surface area contributed by atoms with Gasteiger partial charge in [-0.05, 0) is 50.5 Å². The molecule has 3 N–H and O–H groups in total. The summed E-state index contributed by atoms with van der Waals surface area (Å²) in [5, 5.41) is 15.4. The van der Waals surface area contributed by atoms with Crippen LogP contribution in [0, 0.1) is 0 Å². The molecule has 1 aliphatic rings. The average Bonchev–Trinajstić information content (AvgIpc) is 2.32. The van der Waals surface area contributed by atoms with Crippen LogP contribution in [0.2, 0.25) is 0 Å². The summed E-state index contributed by atoms with van der Waals surface area (Å²) in [6.07, 6.45) is 4.20. The number of thioether (sulfide) groups is 1. The minimum atomic E-state index is -0.170. The van der Waals surface area contributed by atoms with Gasteiger partial charge in [0.2, 0.25) is 0 Å². The fourth-order valence-corrected chi connectivity index (χ4v) is 2.96. The summed E-state index contributed by atoms with van der Waals surface area (Å²) in [6, 6.07) is 0.384. The Hall–Kier alpha value is -0.420. The van der Waals surface area contributed by atoms with Crippen LogP contribution in [-0.2, 0) is 0 Å². The molecule has 4 nitrogen and oxygen atoms in total. The number of aliphatic hydroxyl groups is 1. The van der Waals surface area contributed by atoms with Crippen LogP contribution in [0.4, 0.5) is 4.79 Å². The molecule has 0 aromatic carbocycles. The number of aliphatic hydroxyl groups excluding tert-OH is 1. The summed E-state index contributed by atoms with van der Waals surface area (Å²) in [5.74, 6) is 2.22. The number of hydrogen-bond donors (Lipinski definition) is 3. The zero-order valence-corrected chi connectivity index (χ0v) is 12.3. The summed E-state index contributed by atoms with van der Waals surface area (Å²) in [4.78, 5) is 11.7. The molecule has 0 unspecified atom stereocenters. The maximum absolute atomic E-state index is 11.7. The van der Waals surface area contributed by atoms with Gasteiger partial charge in [0, 0.05) is 12.1 Å². The maximum atomic E-state index is 11.7. The molecule has 5 heteroatoms. The number of rotatable bonds is 6. The van der Waals surface area contributed by atoms with E-state index in [-0.39, 0.29) is 24.2 Å². The average molecular weight is 274 g/mol. The Balaban J connectivity index is 2.12. The highest BCUT2D eigenvalue weighted by molar-refractivity contribution is 7.99. The van der Waals surface area contributed by atoms with E-state index in [1.54, 1.807) is 0 Å². The van der Waals surface area contributed by atoms with Crippen molar-refractivity contribution in [2.45, 2.75) is 64.1 Å². The third-order valence-electron chi connectivity index (χ3n) is 3.31. The lowest BCUT2D eigenvalue weighted by Gasteiger charge is -2.27. The van der Waals surface area contributed by atoms with Gasteiger partial charge in [-0.1, -0.05) is 6.92 Å². The topological polar surface area (TPSA) is 61.4 Å². The highest BCUT2D eigenvalue weighted by atomic mass is 32.2. The van der Waals surface area contributed by atoms with Gasteiger partial charge in [-0.3, -0.25) is 0 Å². The predicted molar refractivity (Wildman–Crippen MR) is 77.0 cm³/mol. The molecule has 0 aromatic rings. The zero-order valence-electron chi connectivity index (χ0n) is 11.4. The van der Waals surface area contributed by atoms with E-state index in [2.05, 4.69) is 17.6 Å². The number of amides is 2. The molecular weight excluding hydrogens is 248 g/mol. The summed E-state index contributed by atoms with van der Waals surface area (Å²) in [6.45, 7) is 4.19. The number of carbonyl (C=O) groups is 1. The van der Waals surface area contributed by atoms with Gasteiger partial charge in [-0.15, -0.1) is 0 Å². The second kappa shape index (κ2) is 8.64. The molecule has 1 atom stereocenters. The van der Waals surface area contributed by atoms with Crippen molar-refractivity contribution in [3.63, 3.8) is 0 Å². The highest BCUT2D eigenvalue weighted by Crippen LogP contribution is 2.18. The fraction of sp³-hybridized carbons (Fsp3) is 0.923. The second-order valence-electron chi connectivity index (χ2n) is 5.01. The van der Waals surface area contributed by atoms with Crippen LogP contribution >= 0.6 is 11.8 Å². The lowest BCUT2D eigenvalue weighted by molar-refractivity contribution is 0.117. The van der Waals surface area contributed by atoms with Crippen LogP contribution in [0.1, 0.15) is 46.0 Å². The molecule has 0 aromatic heterocycles. The summed E-state index contributed by atoms with van der Waals surface area (Å²) >= 11 is 1.90. The molecule has 0 aliphatic heterocycles. The number of nitrogens with one attached hydrogen (secondary N) is 2. The minimum absolute atomic E-state index is 0.0645. The van der Waals surface area contributed by atoms with Crippen molar-refractivity contribution in [2.75, 3.05) is 11.5 Å². The van der Waals surface area contributed by atoms with Gasteiger partial charge in [0.1, 0.15) is 0 Å². The Bertz CT molecular complexity index is 243.